The van der Waals surface area contributed by atoms with Crippen LogP contribution in [0.15, 0.2) is 42.5 Å². The van der Waals surface area contributed by atoms with Crippen LogP contribution in [0.2, 0.25) is 0 Å². The Hall–Kier alpha value is -1.64. The van der Waals surface area contributed by atoms with Crippen molar-refractivity contribution >= 4 is 0 Å². The largest absolute Gasteiger partial charge is 0.271 e. The van der Waals surface area contributed by atoms with E-state index in [-0.39, 0.29) is 6.04 Å². The van der Waals surface area contributed by atoms with Crippen LogP contribution >= 0.6 is 0 Å². The molecule has 0 fully saturated rings. The van der Waals surface area contributed by atoms with E-state index in [1.54, 1.807) is 0 Å². The number of hydrogen-bond acceptors (Lipinski definition) is 2. The summed E-state index contributed by atoms with van der Waals surface area (Å²) in [6.07, 6.45) is 2.22. The second-order valence-corrected chi connectivity index (χ2v) is 5.94. The van der Waals surface area contributed by atoms with Crippen LogP contribution in [0.5, 0.6) is 0 Å². The number of nitrogens with one attached hydrogen (secondary N) is 1. The van der Waals surface area contributed by atoms with Gasteiger partial charge in [-0.3, -0.25) is 11.3 Å². The molecule has 2 aromatic rings. The topological polar surface area (TPSA) is 38.0 Å². The maximum Gasteiger partial charge on any atom is 0.0497 e. The number of hydrogen-bond donors (Lipinski definition) is 2. The molecule has 1 aliphatic rings. The molecule has 0 aromatic heterocycles. The quantitative estimate of drug-likeness (QED) is 0.661. The monoisotopic (exact) mass is 266 g/mol. The molecular weight excluding hydrogens is 244 g/mol. The van der Waals surface area contributed by atoms with Gasteiger partial charge in [0.05, 0.1) is 0 Å². The van der Waals surface area contributed by atoms with E-state index in [1.165, 1.54) is 27.8 Å². The van der Waals surface area contributed by atoms with Gasteiger partial charge in [-0.15, -0.1) is 0 Å². The summed E-state index contributed by atoms with van der Waals surface area (Å²) >= 11 is 0. The zero-order valence-electron chi connectivity index (χ0n) is 12.2. The van der Waals surface area contributed by atoms with Gasteiger partial charge < -0.3 is 0 Å². The van der Waals surface area contributed by atoms with E-state index >= 15 is 0 Å². The van der Waals surface area contributed by atoms with Crippen molar-refractivity contribution in [3.05, 3.63) is 70.3 Å². The van der Waals surface area contributed by atoms with Crippen molar-refractivity contribution < 1.29 is 0 Å². The van der Waals surface area contributed by atoms with Crippen LogP contribution in [0, 0.1) is 19.8 Å². The van der Waals surface area contributed by atoms with Gasteiger partial charge in [-0.05, 0) is 54.9 Å². The minimum absolute atomic E-state index is 0.224. The molecule has 104 valence electrons. The van der Waals surface area contributed by atoms with Crippen LogP contribution in [0.25, 0.3) is 0 Å². The van der Waals surface area contributed by atoms with Gasteiger partial charge in [0.25, 0.3) is 0 Å². The van der Waals surface area contributed by atoms with Crippen molar-refractivity contribution in [2.45, 2.75) is 32.7 Å². The van der Waals surface area contributed by atoms with E-state index in [0.29, 0.717) is 5.92 Å². The Morgan fingerprint density at radius 1 is 1.05 bits per heavy atom. The minimum atomic E-state index is 0.224. The summed E-state index contributed by atoms with van der Waals surface area (Å²) < 4.78 is 0. The molecule has 0 spiro atoms. The zero-order chi connectivity index (χ0) is 14.1. The molecule has 0 aliphatic heterocycles. The van der Waals surface area contributed by atoms with Gasteiger partial charge in [0, 0.05) is 6.04 Å². The smallest absolute Gasteiger partial charge is 0.0497 e. The minimum Gasteiger partial charge on any atom is -0.271 e. The maximum absolute atomic E-state index is 5.89. The van der Waals surface area contributed by atoms with Crippen LogP contribution in [-0.2, 0) is 12.8 Å². The van der Waals surface area contributed by atoms with E-state index in [9.17, 15) is 0 Å². The molecule has 20 heavy (non-hydrogen) atoms. The predicted octanol–water partition coefficient (Wildman–Crippen LogP) is 3.22. The number of rotatable bonds is 3. The van der Waals surface area contributed by atoms with Crippen LogP contribution in [0.1, 0.15) is 33.9 Å². The second kappa shape index (κ2) is 5.39. The van der Waals surface area contributed by atoms with Crippen molar-refractivity contribution in [2.75, 3.05) is 0 Å². The molecule has 2 nitrogen and oxygen atoms in total. The molecular formula is C18H22N2. The van der Waals surface area contributed by atoms with E-state index in [4.69, 9.17) is 5.84 Å². The van der Waals surface area contributed by atoms with Gasteiger partial charge in [0.2, 0.25) is 0 Å². The fourth-order valence-electron chi connectivity index (χ4n) is 3.40. The van der Waals surface area contributed by atoms with E-state index in [0.717, 1.165) is 12.8 Å². The number of fused-ring (bicyclic) bond motifs is 1. The van der Waals surface area contributed by atoms with Gasteiger partial charge in [-0.25, -0.2) is 0 Å². The van der Waals surface area contributed by atoms with Crippen molar-refractivity contribution in [1.82, 2.24) is 5.43 Å². The molecule has 2 aromatic carbocycles. The lowest BCUT2D eigenvalue weighted by Gasteiger charge is -2.25. The Morgan fingerprint density at radius 2 is 1.70 bits per heavy atom. The first-order valence-electron chi connectivity index (χ1n) is 7.29. The molecule has 0 saturated carbocycles. The predicted molar refractivity (Wildman–Crippen MR) is 83.3 cm³/mol. The summed E-state index contributed by atoms with van der Waals surface area (Å²) in [5.74, 6) is 6.43. The average molecular weight is 266 g/mol. The average Bonchev–Trinajstić information content (AvgIpc) is 2.87. The zero-order valence-corrected chi connectivity index (χ0v) is 12.2. The van der Waals surface area contributed by atoms with Crippen LogP contribution in [-0.4, -0.2) is 0 Å². The molecule has 1 aliphatic carbocycles. The lowest BCUT2D eigenvalue weighted by atomic mass is 9.88. The van der Waals surface area contributed by atoms with Crippen molar-refractivity contribution in [1.29, 1.82) is 0 Å². The van der Waals surface area contributed by atoms with Crippen LogP contribution in [0.3, 0.4) is 0 Å². The summed E-state index contributed by atoms with van der Waals surface area (Å²) in [6, 6.07) is 15.6. The van der Waals surface area contributed by atoms with E-state index < -0.39 is 0 Å². The number of hydrazine groups is 1. The summed E-state index contributed by atoms with van der Waals surface area (Å²) in [6.45, 7) is 4.31. The number of benzene rings is 2. The molecule has 1 unspecified atom stereocenters. The third kappa shape index (κ3) is 2.37. The van der Waals surface area contributed by atoms with Crippen molar-refractivity contribution in [2.24, 2.45) is 11.8 Å². The Balaban J connectivity index is 1.91. The van der Waals surface area contributed by atoms with E-state index in [1.807, 2.05) is 0 Å². The number of aryl methyl sites for hydroxylation is 2. The molecule has 0 radical (unpaired) electrons. The maximum atomic E-state index is 5.89. The third-order valence-electron chi connectivity index (χ3n) is 4.50. The second-order valence-electron chi connectivity index (χ2n) is 5.94. The standard InChI is InChI=1S/C18H22N2/c1-12-7-8-13(2)17(9-12)18(20-19)16-10-14-5-3-4-6-15(14)11-16/h3-9,16,18,20H,10-11,19H2,1-2H3. The Kier molecular flexibility index (Phi) is 3.60. The lowest BCUT2D eigenvalue weighted by Crippen LogP contribution is -2.34. The summed E-state index contributed by atoms with van der Waals surface area (Å²) in [4.78, 5) is 0. The Labute approximate surface area is 121 Å². The highest BCUT2D eigenvalue weighted by molar-refractivity contribution is 5.37. The lowest BCUT2D eigenvalue weighted by molar-refractivity contribution is 0.378. The van der Waals surface area contributed by atoms with Gasteiger partial charge >= 0.3 is 0 Å². The molecule has 0 amide bonds. The molecule has 3 rings (SSSR count). The molecule has 3 N–H and O–H groups in total. The molecule has 0 saturated heterocycles. The highest BCUT2D eigenvalue weighted by Crippen LogP contribution is 2.36. The molecule has 0 bridgehead atoms. The van der Waals surface area contributed by atoms with Crippen molar-refractivity contribution in [3.63, 3.8) is 0 Å². The van der Waals surface area contributed by atoms with Gasteiger partial charge in [0.15, 0.2) is 0 Å². The van der Waals surface area contributed by atoms with Gasteiger partial charge in [-0.1, -0.05) is 48.0 Å². The first-order chi connectivity index (χ1) is 9.69. The molecule has 2 heteroatoms. The highest BCUT2D eigenvalue weighted by Gasteiger charge is 2.29. The number of nitrogens with two attached hydrogens (primary N) is 1. The Bertz CT molecular complexity index is 594. The van der Waals surface area contributed by atoms with Crippen LogP contribution < -0.4 is 11.3 Å². The fraction of sp³-hybridized carbons (Fsp3) is 0.333. The fourth-order valence-corrected chi connectivity index (χ4v) is 3.40. The normalized spacial score (nSPS) is 16.1. The Morgan fingerprint density at radius 3 is 2.30 bits per heavy atom. The summed E-state index contributed by atoms with van der Waals surface area (Å²) in [5, 5.41) is 0. The van der Waals surface area contributed by atoms with Gasteiger partial charge in [-0.2, -0.15) is 0 Å². The van der Waals surface area contributed by atoms with Crippen molar-refractivity contribution in [3.8, 4) is 0 Å². The van der Waals surface area contributed by atoms with Crippen LogP contribution in [0.4, 0.5) is 0 Å². The summed E-state index contributed by atoms with van der Waals surface area (Å²) in [7, 11) is 0. The molecule has 1 atom stereocenters. The van der Waals surface area contributed by atoms with Gasteiger partial charge in [0.1, 0.15) is 0 Å². The third-order valence-corrected chi connectivity index (χ3v) is 4.50. The first-order valence-corrected chi connectivity index (χ1v) is 7.29. The highest BCUT2D eigenvalue weighted by atomic mass is 15.2. The molecule has 0 heterocycles. The first kappa shape index (κ1) is 13.3. The summed E-state index contributed by atoms with van der Waals surface area (Å²) in [5.41, 5.74) is 9.96. The van der Waals surface area contributed by atoms with E-state index in [2.05, 4.69) is 61.7 Å². The SMILES string of the molecule is Cc1ccc(C)c(C(NN)C2Cc3ccccc3C2)c1.